The number of rotatable bonds is 3. The van der Waals surface area contributed by atoms with Crippen LogP contribution in [-0.4, -0.2) is 17.6 Å². The summed E-state index contributed by atoms with van der Waals surface area (Å²) in [4.78, 5) is 22.9. The second-order valence-corrected chi connectivity index (χ2v) is 6.90. The molecule has 2 fully saturated rings. The minimum atomic E-state index is -0.790. The second-order valence-electron chi connectivity index (χ2n) is 6.90. The van der Waals surface area contributed by atoms with Crippen LogP contribution in [0.3, 0.4) is 0 Å². The first-order chi connectivity index (χ1) is 10.0. The zero-order valence-electron chi connectivity index (χ0n) is 13.1. The summed E-state index contributed by atoms with van der Waals surface area (Å²) in [5.74, 6) is 1.01. The lowest BCUT2D eigenvalue weighted by Gasteiger charge is -2.47. The molecule has 0 bridgehead atoms. The summed E-state index contributed by atoms with van der Waals surface area (Å²) in [6.07, 6.45) is 12.2. The Balaban J connectivity index is 2.11. The maximum Gasteiger partial charge on any atom is 0.323 e. The van der Waals surface area contributed by atoms with Crippen molar-refractivity contribution in [3.8, 4) is 0 Å². The van der Waals surface area contributed by atoms with Crippen molar-refractivity contribution in [1.29, 1.82) is 0 Å². The van der Waals surface area contributed by atoms with Crippen molar-refractivity contribution in [1.82, 2.24) is 10.6 Å². The number of urea groups is 2. The molecule has 5 nitrogen and oxygen atoms in total. The van der Waals surface area contributed by atoms with Crippen LogP contribution in [0.5, 0.6) is 0 Å². The highest BCUT2D eigenvalue weighted by molar-refractivity contribution is 5.92. The van der Waals surface area contributed by atoms with Gasteiger partial charge in [-0.25, -0.2) is 9.59 Å². The van der Waals surface area contributed by atoms with Gasteiger partial charge in [0.05, 0.1) is 0 Å². The van der Waals surface area contributed by atoms with Gasteiger partial charge in [-0.3, -0.25) is 5.32 Å². The fraction of sp³-hybridized carbons (Fsp3) is 0.875. The van der Waals surface area contributed by atoms with E-state index < -0.39 is 12.1 Å². The van der Waals surface area contributed by atoms with Crippen molar-refractivity contribution in [2.24, 2.45) is 17.6 Å². The zero-order valence-corrected chi connectivity index (χ0v) is 13.1. The lowest BCUT2D eigenvalue weighted by atomic mass is 9.65. The van der Waals surface area contributed by atoms with E-state index in [1.54, 1.807) is 0 Å². The molecular formula is C16H29N3O2. The van der Waals surface area contributed by atoms with Crippen LogP contribution in [-0.2, 0) is 0 Å². The first-order valence-electron chi connectivity index (χ1n) is 8.41. The number of carbonyl (C=O) groups is 2. The SMILES string of the molecule is CC(NC(=O)NC(N)=O)(C1CCCCC1)C1CCCCC1. The lowest BCUT2D eigenvalue weighted by molar-refractivity contribution is 0.0921. The Kier molecular flexibility index (Phi) is 5.48. The van der Waals surface area contributed by atoms with Gasteiger partial charge in [0.15, 0.2) is 0 Å². The highest BCUT2D eigenvalue weighted by Crippen LogP contribution is 2.42. The number of hydrogen-bond acceptors (Lipinski definition) is 2. The molecule has 5 heteroatoms. The molecular weight excluding hydrogens is 266 g/mol. The maximum absolute atomic E-state index is 12.0. The Morgan fingerprint density at radius 1 is 0.905 bits per heavy atom. The van der Waals surface area contributed by atoms with E-state index in [0.29, 0.717) is 11.8 Å². The van der Waals surface area contributed by atoms with E-state index in [9.17, 15) is 9.59 Å². The topological polar surface area (TPSA) is 84.2 Å². The highest BCUT2D eigenvalue weighted by Gasteiger charge is 2.43. The number of nitrogens with one attached hydrogen (secondary N) is 2. The summed E-state index contributed by atoms with van der Waals surface area (Å²) in [5, 5.41) is 5.28. The van der Waals surface area contributed by atoms with Gasteiger partial charge in [0.1, 0.15) is 0 Å². The first-order valence-corrected chi connectivity index (χ1v) is 8.41. The van der Waals surface area contributed by atoms with Gasteiger partial charge in [-0.2, -0.15) is 0 Å². The third-order valence-electron chi connectivity index (χ3n) is 5.53. The van der Waals surface area contributed by atoms with Crippen LogP contribution in [0.4, 0.5) is 9.59 Å². The number of hydrogen-bond donors (Lipinski definition) is 3. The summed E-state index contributed by atoms with van der Waals surface area (Å²) in [5.41, 5.74) is 4.84. The Morgan fingerprint density at radius 2 is 1.33 bits per heavy atom. The number of carbonyl (C=O) groups excluding carboxylic acids is 2. The minimum Gasteiger partial charge on any atom is -0.351 e. The van der Waals surface area contributed by atoms with Crippen LogP contribution in [0.2, 0.25) is 0 Å². The van der Waals surface area contributed by atoms with Crippen molar-refractivity contribution in [3.05, 3.63) is 0 Å². The van der Waals surface area contributed by atoms with Gasteiger partial charge in [0, 0.05) is 5.54 Å². The van der Waals surface area contributed by atoms with Crippen LogP contribution >= 0.6 is 0 Å². The molecule has 2 saturated carbocycles. The number of imide groups is 1. The lowest BCUT2D eigenvalue weighted by Crippen LogP contribution is -2.60. The fourth-order valence-electron chi connectivity index (χ4n) is 4.33. The molecule has 2 aliphatic rings. The predicted octanol–water partition coefficient (Wildman–Crippen LogP) is 3.28. The van der Waals surface area contributed by atoms with Crippen LogP contribution < -0.4 is 16.4 Å². The molecule has 0 heterocycles. The van der Waals surface area contributed by atoms with Crippen molar-refractivity contribution in [2.45, 2.75) is 76.7 Å². The van der Waals surface area contributed by atoms with E-state index in [4.69, 9.17) is 5.73 Å². The largest absolute Gasteiger partial charge is 0.351 e. The summed E-state index contributed by atoms with van der Waals surface area (Å²) < 4.78 is 0. The van der Waals surface area contributed by atoms with Crippen LogP contribution in [0.1, 0.15) is 71.1 Å². The Bertz CT molecular complexity index is 354. The smallest absolute Gasteiger partial charge is 0.323 e. The molecule has 2 rings (SSSR count). The monoisotopic (exact) mass is 295 g/mol. The molecule has 0 unspecified atom stereocenters. The molecule has 0 aromatic carbocycles. The van der Waals surface area contributed by atoms with Gasteiger partial charge in [-0.1, -0.05) is 38.5 Å². The van der Waals surface area contributed by atoms with E-state index in [1.165, 1.54) is 64.2 Å². The summed E-state index contributed by atoms with van der Waals surface area (Å²) in [7, 11) is 0. The third-order valence-corrected chi connectivity index (χ3v) is 5.53. The summed E-state index contributed by atoms with van der Waals surface area (Å²) >= 11 is 0. The minimum absolute atomic E-state index is 0.222. The van der Waals surface area contributed by atoms with Crippen molar-refractivity contribution >= 4 is 12.1 Å². The Hall–Kier alpha value is -1.26. The fourth-order valence-corrected chi connectivity index (χ4v) is 4.33. The molecule has 2 aliphatic carbocycles. The molecule has 0 aliphatic heterocycles. The van der Waals surface area contributed by atoms with Gasteiger partial charge in [0.25, 0.3) is 0 Å². The average molecular weight is 295 g/mol. The van der Waals surface area contributed by atoms with Gasteiger partial charge >= 0.3 is 12.1 Å². The molecule has 21 heavy (non-hydrogen) atoms. The van der Waals surface area contributed by atoms with Crippen molar-refractivity contribution in [3.63, 3.8) is 0 Å². The molecule has 0 aromatic heterocycles. The van der Waals surface area contributed by atoms with E-state index in [0.717, 1.165) is 0 Å². The maximum atomic E-state index is 12.0. The molecule has 0 aromatic rings. The van der Waals surface area contributed by atoms with Crippen molar-refractivity contribution in [2.75, 3.05) is 0 Å². The molecule has 0 spiro atoms. The van der Waals surface area contributed by atoms with Crippen LogP contribution in [0, 0.1) is 11.8 Å². The molecule has 0 radical (unpaired) electrons. The number of amides is 4. The molecule has 0 atom stereocenters. The van der Waals surface area contributed by atoms with E-state index in [1.807, 2.05) is 0 Å². The van der Waals surface area contributed by atoms with Gasteiger partial charge in [-0.15, -0.1) is 0 Å². The molecule has 4 N–H and O–H groups in total. The van der Waals surface area contributed by atoms with Gasteiger partial charge < -0.3 is 11.1 Å². The standard InChI is InChI=1S/C16H29N3O2/c1-16(12-8-4-2-5-9-12,13-10-6-3-7-11-13)19-15(21)18-14(17)20/h12-13H,2-11H2,1H3,(H4,17,18,19,20,21). The van der Waals surface area contributed by atoms with Crippen LogP contribution in [0.15, 0.2) is 0 Å². The van der Waals surface area contributed by atoms with E-state index in [2.05, 4.69) is 17.6 Å². The normalized spacial score (nSPS) is 21.8. The Morgan fingerprint density at radius 3 is 1.71 bits per heavy atom. The van der Waals surface area contributed by atoms with Crippen LogP contribution in [0.25, 0.3) is 0 Å². The number of primary amides is 1. The molecule has 0 saturated heterocycles. The third kappa shape index (κ3) is 4.11. The van der Waals surface area contributed by atoms with Gasteiger partial charge in [-0.05, 0) is 44.4 Å². The first kappa shape index (κ1) is 16.1. The predicted molar refractivity (Wildman–Crippen MR) is 82.8 cm³/mol. The van der Waals surface area contributed by atoms with E-state index >= 15 is 0 Å². The quantitative estimate of drug-likeness (QED) is 0.746. The zero-order chi connectivity index (χ0) is 15.3. The van der Waals surface area contributed by atoms with Crippen molar-refractivity contribution < 1.29 is 9.59 Å². The average Bonchev–Trinajstić information content (AvgIpc) is 2.48. The highest BCUT2D eigenvalue weighted by atomic mass is 16.2. The molecule has 4 amide bonds. The summed E-state index contributed by atoms with van der Waals surface area (Å²) in [6, 6.07) is -1.23. The molecule has 120 valence electrons. The van der Waals surface area contributed by atoms with E-state index in [-0.39, 0.29) is 5.54 Å². The van der Waals surface area contributed by atoms with Gasteiger partial charge in [0.2, 0.25) is 0 Å². The summed E-state index contributed by atoms with van der Waals surface area (Å²) in [6.45, 7) is 2.18. The second kappa shape index (κ2) is 7.14. The number of nitrogens with two attached hydrogens (primary N) is 1. The Labute approximate surface area is 127 Å².